The Labute approximate surface area is 159 Å². The molecule has 146 valence electrons. The fourth-order valence-electron chi connectivity index (χ4n) is 3.02. The first-order valence-electron chi connectivity index (χ1n) is 8.19. The molecule has 2 aromatic carbocycles. The van der Waals surface area contributed by atoms with Gasteiger partial charge in [0.2, 0.25) is 5.75 Å². The molecule has 0 bridgehead atoms. The molecule has 0 amide bonds. The van der Waals surface area contributed by atoms with Gasteiger partial charge in [-0.1, -0.05) is 0 Å². The summed E-state index contributed by atoms with van der Waals surface area (Å²) in [6, 6.07) is 7.00. The zero-order valence-electron chi connectivity index (χ0n) is 15.4. The van der Waals surface area contributed by atoms with Crippen molar-refractivity contribution in [1.82, 2.24) is 0 Å². The van der Waals surface area contributed by atoms with Crippen molar-refractivity contribution in [2.24, 2.45) is 0 Å². The number of hydrogen-bond donors (Lipinski definition) is 2. The topological polar surface area (TPSA) is 115 Å². The van der Waals surface area contributed by atoms with Crippen LogP contribution in [0.15, 0.2) is 39.5 Å². The molecule has 0 radical (unpaired) electrons. The molecular weight excluding hydrogens is 368 g/mol. The molecule has 28 heavy (non-hydrogen) atoms. The van der Waals surface area contributed by atoms with E-state index >= 15 is 0 Å². The summed E-state index contributed by atoms with van der Waals surface area (Å²) < 4.78 is 21.7. The van der Waals surface area contributed by atoms with Crippen molar-refractivity contribution in [3.8, 4) is 34.3 Å². The van der Waals surface area contributed by atoms with Gasteiger partial charge in [-0.2, -0.15) is 0 Å². The third kappa shape index (κ3) is 3.44. The van der Waals surface area contributed by atoms with Crippen molar-refractivity contribution in [1.29, 1.82) is 0 Å². The number of carboxylic acid groups (broad SMARTS) is 1. The molecule has 0 aliphatic rings. The largest absolute Gasteiger partial charge is 0.508 e. The van der Waals surface area contributed by atoms with Crippen LogP contribution in [0.25, 0.3) is 22.3 Å². The Morgan fingerprint density at radius 2 is 1.64 bits per heavy atom. The van der Waals surface area contributed by atoms with Gasteiger partial charge in [0.05, 0.1) is 33.1 Å². The van der Waals surface area contributed by atoms with Crippen LogP contribution in [0.2, 0.25) is 0 Å². The summed E-state index contributed by atoms with van der Waals surface area (Å²) in [5, 5.41) is 19.1. The van der Waals surface area contributed by atoms with Gasteiger partial charge in [0.25, 0.3) is 0 Å². The maximum absolute atomic E-state index is 12.7. The number of fused-ring (bicyclic) bond motifs is 1. The lowest BCUT2D eigenvalue weighted by Gasteiger charge is -2.14. The Hall–Kier alpha value is -3.68. The van der Waals surface area contributed by atoms with Crippen molar-refractivity contribution >= 4 is 16.9 Å². The molecular formula is C20H18O8. The number of aliphatic carboxylic acids is 1. The summed E-state index contributed by atoms with van der Waals surface area (Å²) >= 11 is 0. The zero-order chi connectivity index (χ0) is 20.4. The monoisotopic (exact) mass is 386 g/mol. The van der Waals surface area contributed by atoms with Gasteiger partial charge in [-0.3, -0.25) is 9.59 Å². The highest BCUT2D eigenvalue weighted by atomic mass is 16.5. The third-order valence-electron chi connectivity index (χ3n) is 4.19. The van der Waals surface area contributed by atoms with Gasteiger partial charge in [-0.15, -0.1) is 0 Å². The van der Waals surface area contributed by atoms with E-state index in [0.717, 1.165) is 0 Å². The van der Waals surface area contributed by atoms with E-state index in [1.807, 2.05) is 0 Å². The minimum absolute atomic E-state index is 0.0764. The Kier molecular flexibility index (Phi) is 5.12. The second kappa shape index (κ2) is 7.51. The van der Waals surface area contributed by atoms with E-state index < -0.39 is 17.8 Å². The van der Waals surface area contributed by atoms with E-state index in [9.17, 15) is 14.7 Å². The molecule has 0 unspecified atom stereocenters. The minimum Gasteiger partial charge on any atom is -0.508 e. The fourth-order valence-corrected chi connectivity index (χ4v) is 3.02. The molecule has 0 saturated carbocycles. The minimum atomic E-state index is -1.12. The highest BCUT2D eigenvalue weighted by Crippen LogP contribution is 2.41. The van der Waals surface area contributed by atoms with E-state index in [1.54, 1.807) is 12.1 Å². The maximum atomic E-state index is 12.7. The number of hydrogen-bond acceptors (Lipinski definition) is 7. The number of benzene rings is 2. The second-order valence-electron chi connectivity index (χ2n) is 5.94. The molecule has 8 nitrogen and oxygen atoms in total. The number of carboxylic acids is 1. The Balaban J connectivity index is 2.26. The van der Waals surface area contributed by atoms with Gasteiger partial charge in [-0.25, -0.2) is 0 Å². The first-order valence-corrected chi connectivity index (χ1v) is 8.19. The predicted octanol–water partition coefficient (Wildman–Crippen LogP) is 2.82. The third-order valence-corrected chi connectivity index (χ3v) is 4.19. The first kappa shape index (κ1) is 19.1. The zero-order valence-corrected chi connectivity index (χ0v) is 15.4. The average Bonchev–Trinajstić information content (AvgIpc) is 2.65. The van der Waals surface area contributed by atoms with Gasteiger partial charge in [0, 0.05) is 17.7 Å². The van der Waals surface area contributed by atoms with Crippen LogP contribution in [0.4, 0.5) is 0 Å². The van der Waals surface area contributed by atoms with E-state index in [0.29, 0.717) is 22.8 Å². The number of aromatic hydroxyl groups is 1. The van der Waals surface area contributed by atoms with Crippen molar-refractivity contribution in [2.45, 2.75) is 6.42 Å². The first-order chi connectivity index (χ1) is 13.4. The van der Waals surface area contributed by atoms with Gasteiger partial charge in [0.1, 0.15) is 17.1 Å². The molecule has 0 aliphatic heterocycles. The van der Waals surface area contributed by atoms with Crippen molar-refractivity contribution < 1.29 is 33.6 Å². The fraction of sp³-hybridized carbons (Fsp3) is 0.200. The van der Waals surface area contributed by atoms with Gasteiger partial charge in [-0.05, 0) is 23.8 Å². The summed E-state index contributed by atoms with van der Waals surface area (Å²) in [6.45, 7) is 0. The molecule has 0 spiro atoms. The molecule has 0 fully saturated rings. The van der Waals surface area contributed by atoms with Crippen LogP contribution in [-0.2, 0) is 11.2 Å². The molecule has 2 N–H and O–H groups in total. The summed E-state index contributed by atoms with van der Waals surface area (Å²) in [7, 11) is 4.41. The van der Waals surface area contributed by atoms with E-state index in [-0.39, 0.29) is 28.0 Å². The number of phenols is 1. The quantitative estimate of drug-likeness (QED) is 0.664. The smallest absolute Gasteiger partial charge is 0.307 e. The summed E-state index contributed by atoms with van der Waals surface area (Å²) in [5.74, 6) is 0.0139. The van der Waals surface area contributed by atoms with Crippen LogP contribution in [-0.4, -0.2) is 37.5 Å². The lowest BCUT2D eigenvalue weighted by molar-refractivity contribution is -0.136. The van der Waals surface area contributed by atoms with Crippen molar-refractivity contribution in [3.63, 3.8) is 0 Å². The molecule has 3 aromatic rings. The Morgan fingerprint density at radius 1 is 1.00 bits per heavy atom. The highest BCUT2D eigenvalue weighted by Gasteiger charge is 2.18. The van der Waals surface area contributed by atoms with Gasteiger partial charge in [0.15, 0.2) is 16.9 Å². The predicted molar refractivity (Wildman–Crippen MR) is 101 cm³/mol. The number of ether oxygens (including phenoxy) is 3. The molecule has 0 atom stereocenters. The van der Waals surface area contributed by atoms with Crippen LogP contribution < -0.4 is 19.6 Å². The SMILES string of the molecule is COc1cc(-c2cc(=O)c3c(CC(=O)O)cc(O)cc3o2)cc(OC)c1OC. The highest BCUT2D eigenvalue weighted by molar-refractivity contribution is 5.87. The normalized spacial score (nSPS) is 10.7. The number of phenolic OH excluding ortho intramolecular Hbond substituents is 1. The van der Waals surface area contributed by atoms with Gasteiger partial charge < -0.3 is 28.8 Å². The average molecular weight is 386 g/mol. The molecule has 1 aromatic heterocycles. The number of methoxy groups -OCH3 is 3. The van der Waals surface area contributed by atoms with Crippen LogP contribution in [0.1, 0.15) is 5.56 Å². The molecule has 3 rings (SSSR count). The molecule has 8 heteroatoms. The Bertz CT molecular complexity index is 1090. The van der Waals surface area contributed by atoms with Crippen LogP contribution >= 0.6 is 0 Å². The van der Waals surface area contributed by atoms with E-state index in [4.69, 9.17) is 23.7 Å². The van der Waals surface area contributed by atoms with Crippen molar-refractivity contribution in [2.75, 3.05) is 21.3 Å². The molecule has 0 aliphatic carbocycles. The number of carbonyl (C=O) groups is 1. The number of rotatable bonds is 6. The van der Waals surface area contributed by atoms with E-state index in [2.05, 4.69) is 0 Å². The molecule has 1 heterocycles. The van der Waals surface area contributed by atoms with Crippen molar-refractivity contribution in [3.05, 3.63) is 46.1 Å². The van der Waals surface area contributed by atoms with Crippen LogP contribution in [0, 0.1) is 0 Å². The Morgan fingerprint density at radius 3 is 2.18 bits per heavy atom. The van der Waals surface area contributed by atoms with E-state index in [1.165, 1.54) is 39.5 Å². The summed E-state index contributed by atoms with van der Waals surface area (Å²) in [5.41, 5.74) is 0.304. The summed E-state index contributed by atoms with van der Waals surface area (Å²) in [4.78, 5) is 23.8. The summed E-state index contributed by atoms with van der Waals surface area (Å²) in [6.07, 6.45) is -0.417. The second-order valence-corrected chi connectivity index (χ2v) is 5.94. The molecule has 0 saturated heterocycles. The van der Waals surface area contributed by atoms with Gasteiger partial charge >= 0.3 is 5.97 Å². The lowest BCUT2D eigenvalue weighted by atomic mass is 10.0. The lowest BCUT2D eigenvalue weighted by Crippen LogP contribution is -2.08. The standard InChI is InChI=1S/C20H18O8/c1-25-16-5-10(6-17(26-2)20(16)27-3)14-9-13(22)19-11(7-18(23)24)4-12(21)8-15(19)28-14/h4-6,8-9,21H,7H2,1-3H3,(H,23,24). The van der Waals surface area contributed by atoms with Crippen LogP contribution in [0.3, 0.4) is 0 Å². The van der Waals surface area contributed by atoms with Crippen LogP contribution in [0.5, 0.6) is 23.0 Å². The maximum Gasteiger partial charge on any atom is 0.307 e.